The summed E-state index contributed by atoms with van der Waals surface area (Å²) in [6.07, 6.45) is 0.671. The standard InChI is InChI=1S/C12H22N4O2S/c1-9-12(7-13-15(3)4)10(2)16(14-9)11-5-6-19(17,18)8-11/h11,13H,5-8H2,1-4H3. The van der Waals surface area contributed by atoms with E-state index in [4.69, 9.17) is 0 Å². The van der Waals surface area contributed by atoms with Gasteiger partial charge in [-0.2, -0.15) is 5.10 Å². The molecule has 2 rings (SSSR count). The maximum absolute atomic E-state index is 11.6. The monoisotopic (exact) mass is 286 g/mol. The van der Waals surface area contributed by atoms with Gasteiger partial charge in [0.15, 0.2) is 9.84 Å². The number of sulfone groups is 1. The van der Waals surface area contributed by atoms with Gasteiger partial charge in [0.25, 0.3) is 0 Å². The van der Waals surface area contributed by atoms with Gasteiger partial charge in [-0.3, -0.25) is 15.1 Å². The summed E-state index contributed by atoms with van der Waals surface area (Å²) in [6, 6.07) is -0.00296. The van der Waals surface area contributed by atoms with E-state index in [2.05, 4.69) is 10.5 Å². The molecular weight excluding hydrogens is 264 g/mol. The van der Waals surface area contributed by atoms with Gasteiger partial charge in [-0.05, 0) is 20.3 Å². The summed E-state index contributed by atoms with van der Waals surface area (Å²) in [7, 11) is 1.01. The van der Waals surface area contributed by atoms with Crippen molar-refractivity contribution in [3.63, 3.8) is 0 Å². The van der Waals surface area contributed by atoms with Crippen LogP contribution in [-0.2, 0) is 16.4 Å². The Kier molecular flexibility index (Phi) is 3.98. The highest BCUT2D eigenvalue weighted by Crippen LogP contribution is 2.26. The summed E-state index contributed by atoms with van der Waals surface area (Å²) >= 11 is 0. The largest absolute Gasteiger partial charge is 0.265 e. The van der Waals surface area contributed by atoms with Gasteiger partial charge in [0.05, 0.1) is 23.2 Å². The van der Waals surface area contributed by atoms with Gasteiger partial charge in [-0.25, -0.2) is 8.42 Å². The number of hydrazine groups is 1. The highest BCUT2D eigenvalue weighted by atomic mass is 32.2. The minimum absolute atomic E-state index is 0.00296. The lowest BCUT2D eigenvalue weighted by atomic mass is 10.2. The van der Waals surface area contributed by atoms with E-state index >= 15 is 0 Å². The third kappa shape index (κ3) is 3.16. The van der Waals surface area contributed by atoms with Gasteiger partial charge in [-0.1, -0.05) is 0 Å². The molecule has 1 aromatic rings. The fraction of sp³-hybridized carbons (Fsp3) is 0.750. The summed E-state index contributed by atoms with van der Waals surface area (Å²) in [5, 5.41) is 6.43. The molecule has 7 heteroatoms. The van der Waals surface area contributed by atoms with Crippen molar-refractivity contribution in [2.45, 2.75) is 32.9 Å². The predicted octanol–water partition coefficient (Wildman–Crippen LogP) is 0.426. The summed E-state index contributed by atoms with van der Waals surface area (Å²) in [4.78, 5) is 0. The van der Waals surface area contributed by atoms with E-state index in [0.29, 0.717) is 13.0 Å². The van der Waals surface area contributed by atoms with Gasteiger partial charge in [0.2, 0.25) is 0 Å². The second kappa shape index (κ2) is 5.22. The predicted molar refractivity (Wildman–Crippen MR) is 74.5 cm³/mol. The van der Waals surface area contributed by atoms with E-state index in [9.17, 15) is 8.42 Å². The van der Waals surface area contributed by atoms with E-state index in [1.807, 2.05) is 37.6 Å². The van der Waals surface area contributed by atoms with E-state index in [1.165, 1.54) is 0 Å². The van der Waals surface area contributed by atoms with Crippen LogP contribution in [0.3, 0.4) is 0 Å². The molecule has 0 bridgehead atoms. The maximum Gasteiger partial charge on any atom is 0.152 e. The van der Waals surface area contributed by atoms with Crippen LogP contribution in [0.25, 0.3) is 0 Å². The zero-order chi connectivity index (χ0) is 14.2. The van der Waals surface area contributed by atoms with Gasteiger partial charge >= 0.3 is 0 Å². The van der Waals surface area contributed by atoms with E-state index in [0.717, 1.165) is 17.0 Å². The number of nitrogens with zero attached hydrogens (tertiary/aromatic N) is 3. The fourth-order valence-electron chi connectivity index (χ4n) is 2.51. The molecule has 1 N–H and O–H groups in total. The summed E-state index contributed by atoms with van der Waals surface area (Å²) in [5.74, 6) is 0.497. The molecule has 0 amide bonds. The number of rotatable bonds is 4. The van der Waals surface area contributed by atoms with Crippen molar-refractivity contribution in [3.8, 4) is 0 Å². The van der Waals surface area contributed by atoms with Crippen molar-refractivity contribution in [1.29, 1.82) is 0 Å². The summed E-state index contributed by atoms with van der Waals surface area (Å²) < 4.78 is 25.0. The Morgan fingerprint density at radius 3 is 2.63 bits per heavy atom. The van der Waals surface area contributed by atoms with Crippen LogP contribution in [0.1, 0.15) is 29.4 Å². The van der Waals surface area contributed by atoms with Crippen LogP contribution in [0.5, 0.6) is 0 Å². The second-order valence-corrected chi connectivity index (χ2v) is 7.61. The molecule has 0 radical (unpaired) electrons. The molecule has 1 aliphatic rings. The van der Waals surface area contributed by atoms with E-state index < -0.39 is 9.84 Å². The Hall–Kier alpha value is -0.920. The Balaban J connectivity index is 2.22. The number of aryl methyl sites for hydroxylation is 1. The Bertz CT molecular complexity index is 563. The second-order valence-electron chi connectivity index (χ2n) is 5.38. The van der Waals surface area contributed by atoms with Gasteiger partial charge in [0, 0.05) is 31.9 Å². The Morgan fingerprint density at radius 1 is 1.42 bits per heavy atom. The SMILES string of the molecule is Cc1nn(C2CCS(=O)(=O)C2)c(C)c1CNN(C)C. The molecule has 1 fully saturated rings. The maximum atomic E-state index is 11.6. The topological polar surface area (TPSA) is 67.2 Å². The van der Waals surface area contributed by atoms with Crippen molar-refractivity contribution < 1.29 is 8.42 Å². The smallest absolute Gasteiger partial charge is 0.152 e. The summed E-state index contributed by atoms with van der Waals surface area (Å²) in [5.41, 5.74) is 6.41. The molecule has 19 heavy (non-hydrogen) atoms. The zero-order valence-electron chi connectivity index (χ0n) is 12.0. The minimum atomic E-state index is -2.87. The molecule has 0 spiro atoms. The molecule has 6 nitrogen and oxygen atoms in total. The van der Waals surface area contributed by atoms with Crippen molar-refractivity contribution in [2.24, 2.45) is 0 Å². The molecule has 0 saturated carbocycles. The lowest BCUT2D eigenvalue weighted by Gasteiger charge is -2.13. The highest BCUT2D eigenvalue weighted by Gasteiger charge is 2.31. The number of aromatic nitrogens is 2. The van der Waals surface area contributed by atoms with Crippen molar-refractivity contribution in [1.82, 2.24) is 20.2 Å². The van der Waals surface area contributed by atoms with Crippen LogP contribution < -0.4 is 5.43 Å². The zero-order valence-corrected chi connectivity index (χ0v) is 12.8. The first-order chi connectivity index (χ1) is 8.80. The molecule has 1 aliphatic heterocycles. The van der Waals surface area contributed by atoms with Gasteiger partial charge in [0.1, 0.15) is 0 Å². The first-order valence-corrected chi connectivity index (χ1v) is 8.28. The number of hydrogen-bond acceptors (Lipinski definition) is 5. The van der Waals surface area contributed by atoms with Crippen LogP contribution in [0.4, 0.5) is 0 Å². The average Bonchev–Trinajstić information content (AvgIpc) is 2.77. The van der Waals surface area contributed by atoms with Gasteiger partial charge < -0.3 is 0 Å². The normalized spacial score (nSPS) is 22.3. The van der Waals surface area contributed by atoms with Crippen molar-refractivity contribution >= 4 is 9.84 Å². The van der Waals surface area contributed by atoms with E-state index in [1.54, 1.807) is 0 Å². The molecule has 1 aromatic heterocycles. The molecule has 2 heterocycles. The number of hydrogen-bond donors (Lipinski definition) is 1. The lowest BCUT2D eigenvalue weighted by molar-refractivity contribution is 0.285. The Morgan fingerprint density at radius 2 is 2.11 bits per heavy atom. The van der Waals surface area contributed by atoms with Crippen LogP contribution >= 0.6 is 0 Å². The lowest BCUT2D eigenvalue weighted by Crippen LogP contribution is -2.30. The average molecular weight is 286 g/mol. The van der Waals surface area contributed by atoms with Crippen molar-refractivity contribution in [2.75, 3.05) is 25.6 Å². The Labute approximate surface area is 114 Å². The molecule has 0 aliphatic carbocycles. The summed E-state index contributed by atoms with van der Waals surface area (Å²) in [6.45, 7) is 4.70. The first kappa shape index (κ1) is 14.5. The molecule has 1 atom stereocenters. The van der Waals surface area contributed by atoms with Gasteiger partial charge in [-0.15, -0.1) is 0 Å². The quantitative estimate of drug-likeness (QED) is 0.813. The van der Waals surface area contributed by atoms with Crippen LogP contribution in [0, 0.1) is 13.8 Å². The highest BCUT2D eigenvalue weighted by molar-refractivity contribution is 7.91. The first-order valence-electron chi connectivity index (χ1n) is 6.46. The fourth-order valence-corrected chi connectivity index (χ4v) is 4.21. The third-order valence-electron chi connectivity index (χ3n) is 3.60. The molecular formula is C12H22N4O2S. The van der Waals surface area contributed by atoms with Crippen LogP contribution in [0.2, 0.25) is 0 Å². The molecule has 0 aromatic carbocycles. The molecule has 1 unspecified atom stereocenters. The third-order valence-corrected chi connectivity index (χ3v) is 5.35. The van der Waals surface area contributed by atoms with E-state index in [-0.39, 0.29) is 17.5 Å². The van der Waals surface area contributed by atoms with Crippen LogP contribution in [-0.4, -0.2) is 48.8 Å². The molecule has 108 valence electrons. The van der Waals surface area contributed by atoms with Crippen LogP contribution in [0.15, 0.2) is 0 Å². The molecule has 1 saturated heterocycles. The van der Waals surface area contributed by atoms with Crippen molar-refractivity contribution in [3.05, 3.63) is 17.0 Å². The number of nitrogens with one attached hydrogen (secondary N) is 1. The minimum Gasteiger partial charge on any atom is -0.265 e.